The van der Waals surface area contributed by atoms with E-state index >= 15 is 0 Å². The number of amides is 1. The van der Waals surface area contributed by atoms with Gasteiger partial charge in [-0.3, -0.25) is 4.79 Å². The van der Waals surface area contributed by atoms with Gasteiger partial charge in [0.2, 0.25) is 0 Å². The smallest absolute Gasteiger partial charge is 0.265 e. The lowest BCUT2D eigenvalue weighted by Gasteiger charge is -2.12. The van der Waals surface area contributed by atoms with Crippen LogP contribution >= 0.6 is 15.9 Å². The van der Waals surface area contributed by atoms with Crippen LogP contribution in [0.5, 0.6) is 0 Å². The van der Waals surface area contributed by atoms with Gasteiger partial charge in [0.05, 0.1) is 17.6 Å². The summed E-state index contributed by atoms with van der Waals surface area (Å²) in [4.78, 5) is 13.0. The SMILES string of the molecule is Cc1ccccc1-n1nc(C(=O)N/N=C\c2cccc(Br)c2)cc1-c1cccc2ccccc12. The number of rotatable bonds is 5. The number of nitrogens with one attached hydrogen (secondary N) is 1. The maximum Gasteiger partial charge on any atom is 0.291 e. The van der Waals surface area contributed by atoms with Gasteiger partial charge in [-0.25, -0.2) is 10.1 Å². The van der Waals surface area contributed by atoms with Crippen molar-refractivity contribution in [3.8, 4) is 16.9 Å². The quantitative estimate of drug-likeness (QED) is 0.216. The van der Waals surface area contributed by atoms with Crippen LogP contribution in [0, 0.1) is 6.92 Å². The van der Waals surface area contributed by atoms with Crippen molar-refractivity contribution in [2.24, 2.45) is 5.10 Å². The number of para-hydroxylation sites is 1. The Bertz CT molecular complexity index is 1530. The lowest BCUT2D eigenvalue weighted by molar-refractivity contribution is 0.0949. The molecular weight excluding hydrogens is 488 g/mol. The van der Waals surface area contributed by atoms with Crippen LogP contribution in [0.15, 0.2) is 107 Å². The van der Waals surface area contributed by atoms with E-state index in [1.807, 2.05) is 84.4 Å². The second-order valence-corrected chi connectivity index (χ2v) is 8.81. The number of halogens is 1. The molecule has 1 amide bonds. The number of hydrogen-bond donors (Lipinski definition) is 1. The monoisotopic (exact) mass is 508 g/mol. The van der Waals surface area contributed by atoms with Crippen LogP contribution < -0.4 is 5.43 Å². The van der Waals surface area contributed by atoms with Gasteiger partial charge in [0.25, 0.3) is 5.91 Å². The van der Waals surface area contributed by atoms with Crippen molar-refractivity contribution >= 4 is 38.8 Å². The van der Waals surface area contributed by atoms with E-state index in [4.69, 9.17) is 0 Å². The number of nitrogens with zero attached hydrogens (tertiary/aromatic N) is 3. The molecule has 0 fully saturated rings. The lowest BCUT2D eigenvalue weighted by atomic mass is 10.0. The highest BCUT2D eigenvalue weighted by molar-refractivity contribution is 9.10. The van der Waals surface area contributed by atoms with E-state index in [1.54, 1.807) is 6.21 Å². The Morgan fingerprint density at radius 2 is 1.71 bits per heavy atom. The summed E-state index contributed by atoms with van der Waals surface area (Å²) in [6, 6.07) is 31.9. The summed E-state index contributed by atoms with van der Waals surface area (Å²) >= 11 is 3.44. The van der Waals surface area contributed by atoms with E-state index in [1.165, 1.54) is 0 Å². The van der Waals surface area contributed by atoms with Gasteiger partial charge >= 0.3 is 0 Å². The average molecular weight is 509 g/mol. The molecule has 0 saturated carbocycles. The Kier molecular flexibility index (Phi) is 6.06. The van der Waals surface area contributed by atoms with E-state index in [-0.39, 0.29) is 11.6 Å². The molecule has 1 aromatic heterocycles. The molecule has 0 unspecified atom stereocenters. The molecule has 0 saturated heterocycles. The summed E-state index contributed by atoms with van der Waals surface area (Å²) in [7, 11) is 0. The molecule has 0 aliphatic rings. The van der Waals surface area contributed by atoms with Gasteiger partial charge in [0, 0.05) is 10.0 Å². The molecule has 5 nitrogen and oxygen atoms in total. The molecule has 4 aromatic carbocycles. The topological polar surface area (TPSA) is 59.3 Å². The molecule has 0 spiro atoms. The summed E-state index contributed by atoms with van der Waals surface area (Å²) in [5.41, 5.74) is 7.59. The van der Waals surface area contributed by atoms with Gasteiger partial charge < -0.3 is 0 Å². The van der Waals surface area contributed by atoms with E-state index in [9.17, 15) is 4.79 Å². The number of aryl methyl sites for hydroxylation is 1. The number of carbonyl (C=O) groups excluding carboxylic acids is 1. The molecule has 0 aliphatic heterocycles. The van der Waals surface area contributed by atoms with Gasteiger partial charge in [0.1, 0.15) is 0 Å². The van der Waals surface area contributed by atoms with Crippen molar-refractivity contribution in [3.05, 3.63) is 118 Å². The predicted octanol–water partition coefficient (Wildman–Crippen LogP) is 6.53. The first-order valence-corrected chi connectivity index (χ1v) is 11.6. The Morgan fingerprint density at radius 1 is 0.941 bits per heavy atom. The fraction of sp³-hybridized carbons (Fsp3) is 0.0357. The number of hydrazone groups is 1. The lowest BCUT2D eigenvalue weighted by Crippen LogP contribution is -2.18. The molecule has 0 atom stereocenters. The van der Waals surface area contributed by atoms with Crippen molar-refractivity contribution < 1.29 is 4.79 Å². The molecule has 1 N–H and O–H groups in total. The Morgan fingerprint density at radius 3 is 2.56 bits per heavy atom. The van der Waals surface area contributed by atoms with Crippen LogP contribution in [0.2, 0.25) is 0 Å². The van der Waals surface area contributed by atoms with E-state index in [2.05, 4.69) is 55.8 Å². The highest BCUT2D eigenvalue weighted by Crippen LogP contribution is 2.31. The van der Waals surface area contributed by atoms with Crippen LogP contribution in [0.1, 0.15) is 21.6 Å². The van der Waals surface area contributed by atoms with Crippen LogP contribution in [-0.2, 0) is 0 Å². The number of carbonyl (C=O) groups is 1. The van der Waals surface area contributed by atoms with Gasteiger partial charge in [-0.2, -0.15) is 10.2 Å². The molecule has 0 bridgehead atoms. The first-order valence-electron chi connectivity index (χ1n) is 10.8. The number of fused-ring (bicyclic) bond motifs is 1. The second-order valence-electron chi connectivity index (χ2n) is 7.89. The molecule has 5 rings (SSSR count). The molecule has 6 heteroatoms. The molecule has 0 radical (unpaired) electrons. The number of aromatic nitrogens is 2. The minimum atomic E-state index is -0.375. The minimum Gasteiger partial charge on any atom is -0.265 e. The molecule has 34 heavy (non-hydrogen) atoms. The van der Waals surface area contributed by atoms with Gasteiger partial charge in [0.15, 0.2) is 5.69 Å². The Labute approximate surface area is 205 Å². The zero-order valence-electron chi connectivity index (χ0n) is 18.4. The van der Waals surface area contributed by atoms with Gasteiger partial charge in [-0.05, 0) is 53.1 Å². The third kappa shape index (κ3) is 4.40. The highest BCUT2D eigenvalue weighted by atomic mass is 79.9. The van der Waals surface area contributed by atoms with E-state index in [0.717, 1.165) is 43.3 Å². The molecule has 5 aromatic rings. The van der Waals surface area contributed by atoms with Crippen molar-refractivity contribution in [2.75, 3.05) is 0 Å². The number of hydrogen-bond acceptors (Lipinski definition) is 3. The van der Waals surface area contributed by atoms with Gasteiger partial charge in [-0.1, -0.05) is 88.7 Å². The van der Waals surface area contributed by atoms with Crippen LogP contribution in [0.4, 0.5) is 0 Å². The molecule has 1 heterocycles. The average Bonchev–Trinajstić information content (AvgIpc) is 3.29. The van der Waals surface area contributed by atoms with Crippen molar-refractivity contribution in [1.29, 1.82) is 0 Å². The third-order valence-corrected chi connectivity index (χ3v) is 6.07. The molecule has 166 valence electrons. The summed E-state index contributed by atoms with van der Waals surface area (Å²) in [6.07, 6.45) is 1.60. The van der Waals surface area contributed by atoms with Crippen LogP contribution in [-0.4, -0.2) is 21.9 Å². The first-order chi connectivity index (χ1) is 16.6. The first kappa shape index (κ1) is 21.8. The zero-order chi connectivity index (χ0) is 23.5. The fourth-order valence-corrected chi connectivity index (χ4v) is 4.34. The van der Waals surface area contributed by atoms with Crippen molar-refractivity contribution in [2.45, 2.75) is 6.92 Å². The largest absolute Gasteiger partial charge is 0.291 e. The summed E-state index contributed by atoms with van der Waals surface area (Å²) in [5.74, 6) is -0.375. The maximum atomic E-state index is 13.0. The molecule has 0 aliphatic carbocycles. The van der Waals surface area contributed by atoms with Crippen molar-refractivity contribution in [1.82, 2.24) is 15.2 Å². The van der Waals surface area contributed by atoms with Crippen LogP contribution in [0.25, 0.3) is 27.7 Å². The third-order valence-electron chi connectivity index (χ3n) is 5.58. The second kappa shape index (κ2) is 9.45. The zero-order valence-corrected chi connectivity index (χ0v) is 20.0. The fourth-order valence-electron chi connectivity index (χ4n) is 3.93. The van der Waals surface area contributed by atoms with Crippen molar-refractivity contribution in [3.63, 3.8) is 0 Å². The minimum absolute atomic E-state index is 0.289. The predicted molar refractivity (Wildman–Crippen MR) is 140 cm³/mol. The Hall–Kier alpha value is -4.03. The summed E-state index contributed by atoms with van der Waals surface area (Å²) < 4.78 is 2.78. The normalized spacial score (nSPS) is 11.2. The van der Waals surface area contributed by atoms with Crippen LogP contribution in [0.3, 0.4) is 0 Å². The highest BCUT2D eigenvalue weighted by Gasteiger charge is 2.18. The van der Waals surface area contributed by atoms with E-state index in [0.29, 0.717) is 0 Å². The maximum absolute atomic E-state index is 13.0. The number of benzene rings is 4. The van der Waals surface area contributed by atoms with E-state index < -0.39 is 0 Å². The van der Waals surface area contributed by atoms with Gasteiger partial charge in [-0.15, -0.1) is 0 Å². The standard InChI is InChI=1S/C28H21BrN4O/c1-19-8-2-5-15-26(19)33-27(24-14-7-11-21-10-3-4-13-23(21)24)17-25(32-33)28(34)31-30-18-20-9-6-12-22(29)16-20/h2-18H,1H3,(H,31,34)/b30-18-. The summed E-state index contributed by atoms with van der Waals surface area (Å²) in [5, 5.41) is 11.0. The molecular formula is C28H21BrN4O. The summed E-state index contributed by atoms with van der Waals surface area (Å²) in [6.45, 7) is 2.03. The Balaban J connectivity index is 1.56.